The number of hydrogen-bond acceptors (Lipinski definition) is 4. The number of likely N-dealkylation sites (tertiary alicyclic amines) is 1. The number of aryl methyl sites for hydroxylation is 1. The number of rotatable bonds is 10. The molecular weight excluding hydrogens is 418 g/mol. The van der Waals surface area contributed by atoms with Crippen LogP contribution >= 0.6 is 0 Å². The van der Waals surface area contributed by atoms with E-state index in [4.69, 9.17) is 0 Å². The molecule has 0 radical (unpaired) electrons. The minimum atomic E-state index is -0.661. The molecule has 4 amide bonds. The molecule has 33 heavy (non-hydrogen) atoms. The second kappa shape index (κ2) is 11.3. The third kappa shape index (κ3) is 5.89. The molecule has 0 spiro atoms. The van der Waals surface area contributed by atoms with Crippen LogP contribution < -0.4 is 5.32 Å². The lowest BCUT2D eigenvalue weighted by Gasteiger charge is -2.29. The molecule has 1 unspecified atom stereocenters. The van der Waals surface area contributed by atoms with Crippen LogP contribution in [0.15, 0.2) is 36.4 Å². The van der Waals surface area contributed by atoms with E-state index in [9.17, 15) is 19.2 Å². The molecule has 1 aromatic rings. The van der Waals surface area contributed by atoms with E-state index >= 15 is 0 Å². The first kappa shape index (κ1) is 24.7. The summed E-state index contributed by atoms with van der Waals surface area (Å²) in [6, 6.07) is 7.17. The highest BCUT2D eigenvalue weighted by atomic mass is 16.2. The van der Waals surface area contributed by atoms with Crippen molar-refractivity contribution >= 4 is 23.6 Å². The Hall–Kier alpha value is -2.96. The van der Waals surface area contributed by atoms with Crippen LogP contribution in [0.1, 0.15) is 57.1 Å². The van der Waals surface area contributed by atoms with Crippen LogP contribution in [0.4, 0.5) is 0 Å². The van der Waals surface area contributed by atoms with Crippen molar-refractivity contribution < 1.29 is 19.2 Å². The second-order valence-corrected chi connectivity index (χ2v) is 9.07. The summed E-state index contributed by atoms with van der Waals surface area (Å²) < 4.78 is 0. The first-order chi connectivity index (χ1) is 15.8. The van der Waals surface area contributed by atoms with Gasteiger partial charge in [-0.25, -0.2) is 0 Å². The van der Waals surface area contributed by atoms with Crippen LogP contribution in [0.5, 0.6) is 0 Å². The lowest BCUT2D eigenvalue weighted by molar-refractivity contribution is -0.143. The molecule has 1 heterocycles. The highest BCUT2D eigenvalue weighted by molar-refractivity contribution is 6.05. The molecule has 7 heteroatoms. The summed E-state index contributed by atoms with van der Waals surface area (Å²) in [5, 5.41) is 2.90. The third-order valence-corrected chi connectivity index (χ3v) is 6.58. The van der Waals surface area contributed by atoms with E-state index in [0.29, 0.717) is 25.9 Å². The van der Waals surface area contributed by atoms with E-state index in [1.165, 1.54) is 4.90 Å². The summed E-state index contributed by atoms with van der Waals surface area (Å²) in [7, 11) is 0. The molecule has 1 N–H and O–H groups in total. The normalized spacial score (nSPS) is 20.5. The zero-order valence-corrected chi connectivity index (χ0v) is 19.9. The zero-order chi connectivity index (χ0) is 24.0. The van der Waals surface area contributed by atoms with Crippen molar-refractivity contribution in [3.8, 4) is 0 Å². The highest BCUT2D eigenvalue weighted by Gasteiger charge is 2.47. The zero-order valence-electron chi connectivity index (χ0n) is 19.9. The van der Waals surface area contributed by atoms with Crippen molar-refractivity contribution in [1.29, 1.82) is 0 Å². The third-order valence-electron chi connectivity index (χ3n) is 6.58. The number of benzene rings is 1. The molecule has 7 nitrogen and oxygen atoms in total. The maximum atomic E-state index is 13.3. The van der Waals surface area contributed by atoms with Crippen molar-refractivity contribution in [2.75, 3.05) is 13.1 Å². The molecule has 1 aliphatic carbocycles. The van der Waals surface area contributed by atoms with E-state index in [-0.39, 0.29) is 48.4 Å². The summed E-state index contributed by atoms with van der Waals surface area (Å²) >= 11 is 0. The number of carbonyl (C=O) groups is 4. The quantitative estimate of drug-likeness (QED) is 0.335. The fourth-order valence-electron chi connectivity index (χ4n) is 4.57. The molecule has 1 fully saturated rings. The lowest BCUT2D eigenvalue weighted by atomic mass is 9.85. The topological polar surface area (TPSA) is 86.8 Å². The van der Waals surface area contributed by atoms with Crippen LogP contribution in [0.3, 0.4) is 0 Å². The van der Waals surface area contributed by atoms with Crippen LogP contribution in [-0.4, -0.2) is 52.6 Å². The Labute approximate surface area is 196 Å². The number of unbranched alkanes of at least 4 members (excludes halogenated alkanes) is 1. The molecule has 0 aromatic heterocycles. The van der Waals surface area contributed by atoms with Gasteiger partial charge in [0.15, 0.2) is 0 Å². The number of nitrogens with zero attached hydrogens (tertiary/aromatic N) is 2. The summed E-state index contributed by atoms with van der Waals surface area (Å²) in [6.07, 6.45) is 6.90. The van der Waals surface area contributed by atoms with Gasteiger partial charge in [0.05, 0.1) is 11.8 Å². The highest BCUT2D eigenvalue weighted by Crippen LogP contribution is 2.35. The standard InChI is InChI=1S/C26H35N3O4/c1-4-5-14-27-24(31)19(3)29(17-20-10-8-9-18(2)16-20)23(30)13-15-28-25(32)21-11-6-7-12-22(21)26(28)33/h6-10,16,19,21-22H,4-5,11-15,17H2,1-3H3,(H,27,31)/t19?,21-,22+. The van der Waals surface area contributed by atoms with Crippen molar-refractivity contribution in [1.82, 2.24) is 15.1 Å². The second-order valence-electron chi connectivity index (χ2n) is 9.07. The van der Waals surface area contributed by atoms with E-state index in [1.807, 2.05) is 43.3 Å². The lowest BCUT2D eigenvalue weighted by Crippen LogP contribution is -2.48. The maximum Gasteiger partial charge on any atom is 0.242 e. The molecular formula is C26H35N3O4. The number of carbonyl (C=O) groups excluding carboxylic acids is 4. The number of hydrogen-bond donors (Lipinski definition) is 1. The van der Waals surface area contributed by atoms with E-state index in [0.717, 1.165) is 24.0 Å². The molecule has 0 bridgehead atoms. The summed E-state index contributed by atoms with van der Waals surface area (Å²) in [5.41, 5.74) is 2.01. The smallest absolute Gasteiger partial charge is 0.242 e. The van der Waals surface area contributed by atoms with Gasteiger partial charge in [-0.3, -0.25) is 24.1 Å². The number of imide groups is 1. The van der Waals surface area contributed by atoms with Gasteiger partial charge in [0.2, 0.25) is 23.6 Å². The van der Waals surface area contributed by atoms with Gasteiger partial charge < -0.3 is 10.2 Å². The molecule has 1 aliphatic heterocycles. The van der Waals surface area contributed by atoms with Gasteiger partial charge in [0, 0.05) is 26.1 Å². The van der Waals surface area contributed by atoms with Crippen molar-refractivity contribution in [3.63, 3.8) is 0 Å². The number of fused-ring (bicyclic) bond motifs is 1. The summed E-state index contributed by atoms with van der Waals surface area (Å²) in [6.45, 7) is 6.67. The van der Waals surface area contributed by atoms with Crippen LogP contribution in [0, 0.1) is 18.8 Å². The predicted molar refractivity (Wildman–Crippen MR) is 126 cm³/mol. The molecule has 3 rings (SSSR count). The SMILES string of the molecule is CCCCNC(=O)C(C)N(Cc1cccc(C)c1)C(=O)CCN1C(=O)[C@H]2CC=CC[C@H]2C1=O. The van der Waals surface area contributed by atoms with Gasteiger partial charge in [-0.05, 0) is 38.7 Å². The van der Waals surface area contributed by atoms with Crippen molar-refractivity contribution in [3.05, 3.63) is 47.5 Å². The Kier molecular flexibility index (Phi) is 8.42. The fraction of sp³-hybridized carbons (Fsp3) is 0.538. The molecule has 1 aromatic carbocycles. The molecule has 0 saturated carbocycles. The average Bonchev–Trinajstić information content (AvgIpc) is 3.05. The minimum absolute atomic E-state index is 0.00272. The molecule has 2 aliphatic rings. The average molecular weight is 454 g/mol. The Balaban J connectivity index is 1.69. The van der Waals surface area contributed by atoms with Crippen LogP contribution in [-0.2, 0) is 25.7 Å². The number of allylic oxidation sites excluding steroid dienone is 2. The van der Waals surface area contributed by atoms with Gasteiger partial charge >= 0.3 is 0 Å². The van der Waals surface area contributed by atoms with Crippen LogP contribution in [0.25, 0.3) is 0 Å². The number of amides is 4. The maximum absolute atomic E-state index is 13.3. The first-order valence-electron chi connectivity index (χ1n) is 12.0. The summed E-state index contributed by atoms with van der Waals surface area (Å²) in [5.74, 6) is -1.41. The summed E-state index contributed by atoms with van der Waals surface area (Å²) in [4.78, 5) is 54.3. The van der Waals surface area contributed by atoms with E-state index < -0.39 is 6.04 Å². The monoisotopic (exact) mass is 453 g/mol. The van der Waals surface area contributed by atoms with Gasteiger partial charge in [0.1, 0.15) is 6.04 Å². The van der Waals surface area contributed by atoms with Gasteiger partial charge in [0.25, 0.3) is 0 Å². The van der Waals surface area contributed by atoms with Crippen molar-refractivity contribution in [2.24, 2.45) is 11.8 Å². The Bertz CT molecular complexity index is 900. The molecule has 3 atom stereocenters. The van der Waals surface area contributed by atoms with E-state index in [2.05, 4.69) is 12.2 Å². The van der Waals surface area contributed by atoms with Crippen molar-refractivity contribution in [2.45, 2.75) is 65.5 Å². The Morgan fingerprint density at radius 2 is 1.82 bits per heavy atom. The van der Waals surface area contributed by atoms with E-state index in [1.54, 1.807) is 11.8 Å². The fourth-order valence-corrected chi connectivity index (χ4v) is 4.57. The van der Waals surface area contributed by atoms with Gasteiger partial charge in [-0.2, -0.15) is 0 Å². The minimum Gasteiger partial charge on any atom is -0.354 e. The Morgan fingerprint density at radius 1 is 1.15 bits per heavy atom. The van der Waals surface area contributed by atoms with Crippen LogP contribution in [0.2, 0.25) is 0 Å². The van der Waals surface area contributed by atoms with Gasteiger partial charge in [-0.1, -0.05) is 55.3 Å². The first-order valence-corrected chi connectivity index (χ1v) is 12.0. The number of nitrogens with one attached hydrogen (secondary N) is 1. The predicted octanol–water partition coefficient (Wildman–Crippen LogP) is 2.97. The molecule has 1 saturated heterocycles. The van der Waals surface area contributed by atoms with Gasteiger partial charge in [-0.15, -0.1) is 0 Å². The largest absolute Gasteiger partial charge is 0.354 e. The molecule has 178 valence electrons. The Morgan fingerprint density at radius 3 is 2.42 bits per heavy atom.